The van der Waals surface area contributed by atoms with Crippen molar-refractivity contribution in [2.45, 2.75) is 6.92 Å². The van der Waals surface area contributed by atoms with Crippen LogP contribution in [0.15, 0.2) is 24.3 Å². The molecule has 0 heterocycles. The molecular formula is C11H10F2O2. The van der Waals surface area contributed by atoms with E-state index in [0.29, 0.717) is 5.56 Å². The van der Waals surface area contributed by atoms with Crippen molar-refractivity contribution in [3.8, 4) is 0 Å². The van der Waals surface area contributed by atoms with Crippen molar-refractivity contribution in [1.29, 1.82) is 0 Å². The Balaban J connectivity index is 2.72. The van der Waals surface area contributed by atoms with Crippen LogP contribution in [0.5, 0.6) is 0 Å². The smallest absolute Gasteiger partial charge is 0.330 e. The van der Waals surface area contributed by atoms with Crippen LogP contribution in [0.25, 0.3) is 6.08 Å². The van der Waals surface area contributed by atoms with Gasteiger partial charge in [-0.2, -0.15) is 0 Å². The molecule has 0 fully saturated rings. The molecule has 1 rings (SSSR count). The number of benzene rings is 1. The molecule has 15 heavy (non-hydrogen) atoms. The third-order valence-corrected chi connectivity index (χ3v) is 1.64. The zero-order valence-corrected chi connectivity index (χ0v) is 8.17. The molecule has 0 aliphatic heterocycles. The molecular weight excluding hydrogens is 202 g/mol. The van der Waals surface area contributed by atoms with Crippen LogP contribution in [0.4, 0.5) is 8.78 Å². The van der Waals surface area contributed by atoms with E-state index < -0.39 is 17.6 Å². The molecule has 80 valence electrons. The second-order valence-electron chi connectivity index (χ2n) is 2.76. The van der Waals surface area contributed by atoms with Gasteiger partial charge in [-0.3, -0.25) is 0 Å². The minimum absolute atomic E-state index is 0.279. The summed E-state index contributed by atoms with van der Waals surface area (Å²) in [6.45, 7) is 1.96. The Morgan fingerprint density at radius 2 is 2.13 bits per heavy atom. The largest absolute Gasteiger partial charge is 0.463 e. The summed E-state index contributed by atoms with van der Waals surface area (Å²) in [5, 5.41) is 0. The minimum atomic E-state index is -0.944. The summed E-state index contributed by atoms with van der Waals surface area (Å²) < 4.78 is 29.9. The molecule has 0 aliphatic rings. The van der Waals surface area contributed by atoms with Crippen molar-refractivity contribution >= 4 is 12.0 Å². The topological polar surface area (TPSA) is 26.3 Å². The average Bonchev–Trinajstić information content (AvgIpc) is 2.20. The summed E-state index contributed by atoms with van der Waals surface area (Å²) in [5.41, 5.74) is 0.405. The molecule has 0 spiro atoms. The van der Waals surface area contributed by atoms with E-state index in [9.17, 15) is 13.6 Å². The predicted molar refractivity (Wildman–Crippen MR) is 52.0 cm³/mol. The molecule has 0 saturated heterocycles. The maximum atomic E-state index is 12.7. The third-order valence-electron chi connectivity index (χ3n) is 1.64. The SMILES string of the molecule is CCOC(=O)C=Cc1ccc(F)c(F)c1. The molecule has 0 atom stereocenters. The first-order valence-corrected chi connectivity index (χ1v) is 4.43. The fraction of sp³-hybridized carbons (Fsp3) is 0.182. The molecule has 4 heteroatoms. The number of hydrogen-bond acceptors (Lipinski definition) is 2. The molecule has 0 N–H and O–H groups in total. The Morgan fingerprint density at radius 3 is 2.73 bits per heavy atom. The van der Waals surface area contributed by atoms with E-state index in [2.05, 4.69) is 4.74 Å². The molecule has 1 aromatic carbocycles. The maximum Gasteiger partial charge on any atom is 0.330 e. The van der Waals surface area contributed by atoms with Crippen molar-refractivity contribution in [3.05, 3.63) is 41.5 Å². The summed E-state index contributed by atoms with van der Waals surface area (Å²) in [7, 11) is 0. The Kier molecular flexibility index (Phi) is 3.97. The molecule has 0 aliphatic carbocycles. The second kappa shape index (κ2) is 5.24. The molecule has 0 radical (unpaired) electrons. The van der Waals surface area contributed by atoms with Gasteiger partial charge in [-0.15, -0.1) is 0 Å². The summed E-state index contributed by atoms with van der Waals surface area (Å²) in [6, 6.07) is 3.37. The number of rotatable bonds is 3. The van der Waals surface area contributed by atoms with Crippen molar-refractivity contribution < 1.29 is 18.3 Å². The molecule has 0 saturated carbocycles. The lowest BCUT2D eigenvalue weighted by Crippen LogP contribution is -1.98. The Bertz CT molecular complexity index is 386. The van der Waals surface area contributed by atoms with Gasteiger partial charge in [0, 0.05) is 6.08 Å². The lowest BCUT2D eigenvalue weighted by molar-refractivity contribution is -0.137. The minimum Gasteiger partial charge on any atom is -0.463 e. The molecule has 0 bridgehead atoms. The third kappa shape index (κ3) is 3.50. The predicted octanol–water partition coefficient (Wildman–Crippen LogP) is 2.54. The van der Waals surface area contributed by atoms with E-state index in [4.69, 9.17) is 0 Å². The van der Waals surface area contributed by atoms with E-state index in [1.165, 1.54) is 12.1 Å². The Morgan fingerprint density at radius 1 is 1.40 bits per heavy atom. The van der Waals surface area contributed by atoms with Crippen LogP contribution in [0.1, 0.15) is 12.5 Å². The number of carbonyl (C=O) groups excluding carboxylic acids is 1. The maximum absolute atomic E-state index is 12.7. The standard InChI is InChI=1S/C11H10F2O2/c1-2-15-11(14)6-4-8-3-5-9(12)10(13)7-8/h3-7H,2H2,1H3. The zero-order valence-electron chi connectivity index (χ0n) is 8.17. The highest BCUT2D eigenvalue weighted by molar-refractivity contribution is 5.86. The second-order valence-corrected chi connectivity index (χ2v) is 2.76. The van der Waals surface area contributed by atoms with Gasteiger partial charge in [0.25, 0.3) is 0 Å². The monoisotopic (exact) mass is 212 g/mol. The van der Waals surface area contributed by atoms with Crippen LogP contribution in [-0.4, -0.2) is 12.6 Å². The van der Waals surface area contributed by atoms with Crippen LogP contribution in [0, 0.1) is 11.6 Å². The van der Waals surface area contributed by atoms with Gasteiger partial charge in [0.2, 0.25) is 0 Å². The Hall–Kier alpha value is -1.71. The average molecular weight is 212 g/mol. The van der Waals surface area contributed by atoms with E-state index in [0.717, 1.165) is 18.2 Å². The molecule has 0 unspecified atom stereocenters. The fourth-order valence-electron chi connectivity index (χ4n) is 0.971. The van der Waals surface area contributed by atoms with Crippen LogP contribution >= 0.6 is 0 Å². The van der Waals surface area contributed by atoms with Crippen LogP contribution in [0.2, 0.25) is 0 Å². The molecule has 1 aromatic rings. The van der Waals surface area contributed by atoms with Crippen molar-refractivity contribution in [2.75, 3.05) is 6.61 Å². The van der Waals surface area contributed by atoms with Gasteiger partial charge in [0.15, 0.2) is 11.6 Å². The molecule has 2 nitrogen and oxygen atoms in total. The fourth-order valence-corrected chi connectivity index (χ4v) is 0.971. The number of hydrogen-bond donors (Lipinski definition) is 0. The highest BCUT2D eigenvalue weighted by atomic mass is 19.2. The summed E-state index contributed by atoms with van der Waals surface area (Å²) in [4.78, 5) is 10.9. The van der Waals surface area contributed by atoms with Crippen LogP contribution in [-0.2, 0) is 9.53 Å². The number of halogens is 2. The number of esters is 1. The van der Waals surface area contributed by atoms with E-state index in [1.807, 2.05) is 0 Å². The summed E-state index contributed by atoms with van der Waals surface area (Å²) in [6.07, 6.45) is 2.52. The van der Waals surface area contributed by atoms with Gasteiger partial charge >= 0.3 is 5.97 Å². The first-order chi connectivity index (χ1) is 7.13. The highest BCUT2D eigenvalue weighted by Gasteiger charge is 2.00. The van der Waals surface area contributed by atoms with E-state index >= 15 is 0 Å². The van der Waals surface area contributed by atoms with Crippen molar-refractivity contribution in [2.24, 2.45) is 0 Å². The van der Waals surface area contributed by atoms with Crippen LogP contribution in [0.3, 0.4) is 0 Å². The first-order valence-electron chi connectivity index (χ1n) is 4.43. The summed E-state index contributed by atoms with van der Waals surface area (Å²) >= 11 is 0. The Labute approximate surface area is 86.2 Å². The molecule has 0 amide bonds. The van der Waals surface area contributed by atoms with Crippen molar-refractivity contribution in [3.63, 3.8) is 0 Å². The highest BCUT2D eigenvalue weighted by Crippen LogP contribution is 2.09. The van der Waals surface area contributed by atoms with Crippen molar-refractivity contribution in [1.82, 2.24) is 0 Å². The number of carbonyl (C=O) groups is 1. The van der Waals surface area contributed by atoms with Gasteiger partial charge in [-0.1, -0.05) is 6.07 Å². The van der Waals surface area contributed by atoms with Gasteiger partial charge in [0.1, 0.15) is 0 Å². The first kappa shape index (κ1) is 11.4. The van der Waals surface area contributed by atoms with Gasteiger partial charge in [-0.25, -0.2) is 13.6 Å². The lowest BCUT2D eigenvalue weighted by atomic mass is 10.2. The lowest BCUT2D eigenvalue weighted by Gasteiger charge is -1.96. The zero-order chi connectivity index (χ0) is 11.3. The van der Waals surface area contributed by atoms with E-state index in [-0.39, 0.29) is 6.61 Å². The van der Waals surface area contributed by atoms with Gasteiger partial charge < -0.3 is 4.74 Å². The number of ether oxygens (including phenoxy) is 1. The summed E-state index contributed by atoms with van der Waals surface area (Å²) in [5.74, 6) is -2.37. The van der Waals surface area contributed by atoms with Gasteiger partial charge in [-0.05, 0) is 30.7 Å². The quantitative estimate of drug-likeness (QED) is 0.568. The normalized spacial score (nSPS) is 10.6. The van der Waals surface area contributed by atoms with Gasteiger partial charge in [0.05, 0.1) is 6.61 Å². The van der Waals surface area contributed by atoms with E-state index in [1.54, 1.807) is 6.92 Å². The van der Waals surface area contributed by atoms with Crippen LogP contribution < -0.4 is 0 Å². The molecule has 0 aromatic heterocycles.